The zero-order valence-electron chi connectivity index (χ0n) is 11.6. The molecule has 0 atom stereocenters. The predicted molar refractivity (Wildman–Crippen MR) is 78.3 cm³/mol. The Hall–Kier alpha value is 0.0997. The van der Waals surface area contributed by atoms with Crippen molar-refractivity contribution in [2.24, 2.45) is 0 Å². The minimum atomic E-state index is 0.974. The van der Waals surface area contributed by atoms with Gasteiger partial charge in [0.05, 0.1) is 0 Å². The molecular formula is C9H22B4N4. The molecule has 1 fully saturated rings. The molecule has 0 unspecified atom stereocenters. The van der Waals surface area contributed by atoms with Gasteiger partial charge in [-0.25, -0.2) is 0 Å². The van der Waals surface area contributed by atoms with Crippen molar-refractivity contribution in [3.63, 3.8) is 0 Å². The SMILES string of the molecule is CN1[B]C[B]N(C)C[B]N(C)CCN(C)[B]C1. The maximum absolute atomic E-state index is 2.26. The Balaban J connectivity index is 2.39. The summed E-state index contributed by atoms with van der Waals surface area (Å²) in [6.45, 7) is 2.13. The Labute approximate surface area is 110 Å². The van der Waals surface area contributed by atoms with E-state index in [-0.39, 0.29) is 0 Å². The molecule has 0 aromatic rings. The van der Waals surface area contributed by atoms with Crippen LogP contribution in [0.5, 0.6) is 0 Å². The Morgan fingerprint density at radius 3 is 1.41 bits per heavy atom. The molecule has 1 heterocycles. The van der Waals surface area contributed by atoms with Crippen LogP contribution in [0.1, 0.15) is 0 Å². The minimum absolute atomic E-state index is 0.974. The molecule has 0 bridgehead atoms. The van der Waals surface area contributed by atoms with Crippen molar-refractivity contribution in [1.29, 1.82) is 0 Å². The Morgan fingerprint density at radius 1 is 0.588 bits per heavy atom. The highest BCUT2D eigenvalue weighted by Gasteiger charge is 2.11. The van der Waals surface area contributed by atoms with Crippen molar-refractivity contribution in [3.05, 3.63) is 0 Å². The van der Waals surface area contributed by atoms with Crippen molar-refractivity contribution < 1.29 is 0 Å². The highest BCUT2D eigenvalue weighted by molar-refractivity contribution is 6.54. The van der Waals surface area contributed by atoms with Crippen LogP contribution in [-0.2, 0) is 0 Å². The zero-order chi connectivity index (χ0) is 12.7. The average Bonchev–Trinajstić information content (AvgIpc) is 2.31. The molecule has 0 amide bonds. The molecule has 4 radical (unpaired) electrons. The van der Waals surface area contributed by atoms with Gasteiger partial charge in [-0.1, -0.05) is 6.22 Å². The summed E-state index contributed by atoms with van der Waals surface area (Å²) in [6.07, 6.45) is 2.94. The van der Waals surface area contributed by atoms with Gasteiger partial charge in [-0.2, -0.15) is 0 Å². The number of rotatable bonds is 0. The molecule has 1 saturated heterocycles. The van der Waals surface area contributed by atoms with Crippen LogP contribution in [0.25, 0.3) is 0 Å². The van der Waals surface area contributed by atoms with Crippen LogP contribution in [0, 0.1) is 0 Å². The van der Waals surface area contributed by atoms with Crippen LogP contribution in [0.3, 0.4) is 0 Å². The van der Waals surface area contributed by atoms with Crippen molar-refractivity contribution >= 4 is 29.7 Å². The first-order chi connectivity index (χ1) is 8.08. The highest BCUT2D eigenvalue weighted by atomic mass is 15.1. The lowest BCUT2D eigenvalue weighted by atomic mass is 9.65. The van der Waals surface area contributed by atoms with Gasteiger partial charge in [-0.05, 0) is 54.2 Å². The summed E-state index contributed by atoms with van der Waals surface area (Å²) in [5.41, 5.74) is 0. The molecule has 90 valence electrons. The largest absolute Gasteiger partial charge is 0.355 e. The standard InChI is InChI=1S/C9H22B4N4/c1-14-5-6-15(2)13-9-17(4)11-7-10-16(3)8-12-14/h5-9H2,1-4H3. The van der Waals surface area contributed by atoms with E-state index in [0.717, 1.165) is 32.2 Å². The van der Waals surface area contributed by atoms with E-state index in [1.807, 2.05) is 0 Å². The van der Waals surface area contributed by atoms with Crippen LogP contribution in [0.2, 0.25) is 6.22 Å². The van der Waals surface area contributed by atoms with Gasteiger partial charge in [0.1, 0.15) is 0 Å². The van der Waals surface area contributed by atoms with E-state index < -0.39 is 0 Å². The molecule has 0 aromatic heterocycles. The third-order valence-electron chi connectivity index (χ3n) is 3.00. The normalized spacial score (nSPS) is 24.2. The van der Waals surface area contributed by atoms with Gasteiger partial charge in [-0.3, -0.25) is 0 Å². The molecule has 1 aliphatic heterocycles. The van der Waals surface area contributed by atoms with Gasteiger partial charge in [0, 0.05) is 0 Å². The van der Waals surface area contributed by atoms with Gasteiger partial charge in [-0.15, -0.1) is 0 Å². The average molecular weight is 230 g/mol. The monoisotopic (exact) mass is 230 g/mol. The number of hydrogen-bond donors (Lipinski definition) is 0. The lowest BCUT2D eigenvalue weighted by Gasteiger charge is -2.23. The fourth-order valence-corrected chi connectivity index (χ4v) is 1.59. The molecular weight excluding hydrogens is 207 g/mol. The lowest BCUT2D eigenvalue weighted by molar-refractivity contribution is 0.428. The second-order valence-electron chi connectivity index (χ2n) is 4.81. The summed E-state index contributed by atoms with van der Waals surface area (Å²) >= 11 is 0. The van der Waals surface area contributed by atoms with Crippen molar-refractivity contribution in [1.82, 2.24) is 19.2 Å². The van der Waals surface area contributed by atoms with Crippen molar-refractivity contribution in [3.8, 4) is 0 Å². The fourth-order valence-electron chi connectivity index (χ4n) is 1.59. The van der Waals surface area contributed by atoms with Gasteiger partial charge in [0.25, 0.3) is 0 Å². The summed E-state index contributed by atoms with van der Waals surface area (Å²) in [5, 5.41) is 0. The molecule has 1 rings (SSSR count). The fraction of sp³-hybridized carbons (Fsp3) is 1.00. The van der Waals surface area contributed by atoms with Crippen molar-refractivity contribution in [2.45, 2.75) is 6.22 Å². The number of likely N-dealkylation sites (N-methyl/N-ethyl adjacent to an activating group) is 2. The number of hydrogen-bond acceptors (Lipinski definition) is 4. The molecule has 4 nitrogen and oxygen atoms in total. The van der Waals surface area contributed by atoms with Gasteiger partial charge >= 0.3 is 0 Å². The Bertz CT molecular complexity index is 189. The van der Waals surface area contributed by atoms with Gasteiger partial charge < -0.3 is 19.2 Å². The maximum atomic E-state index is 2.26. The molecule has 0 N–H and O–H groups in total. The molecule has 17 heavy (non-hydrogen) atoms. The number of nitrogens with zero attached hydrogens (tertiary/aromatic N) is 4. The molecule has 8 heteroatoms. The third-order valence-corrected chi connectivity index (χ3v) is 3.00. The topological polar surface area (TPSA) is 13.0 Å². The Morgan fingerprint density at radius 2 is 1.00 bits per heavy atom. The molecule has 0 saturated carbocycles. The first-order valence-electron chi connectivity index (χ1n) is 6.22. The van der Waals surface area contributed by atoms with E-state index in [0.29, 0.717) is 0 Å². The summed E-state index contributed by atoms with van der Waals surface area (Å²) in [6, 6.07) is 0. The minimum Gasteiger partial charge on any atom is -0.355 e. The summed E-state index contributed by atoms with van der Waals surface area (Å²) < 4.78 is 0. The summed E-state index contributed by atoms with van der Waals surface area (Å²) in [4.78, 5) is 8.98. The van der Waals surface area contributed by atoms with Gasteiger partial charge in [0.15, 0.2) is 14.8 Å². The first kappa shape index (κ1) is 15.2. The van der Waals surface area contributed by atoms with Crippen LogP contribution in [0.15, 0.2) is 0 Å². The van der Waals surface area contributed by atoms with E-state index in [9.17, 15) is 0 Å². The second kappa shape index (κ2) is 8.25. The first-order valence-corrected chi connectivity index (χ1v) is 6.22. The van der Waals surface area contributed by atoms with Crippen LogP contribution in [0.4, 0.5) is 0 Å². The quantitative estimate of drug-likeness (QED) is 0.469. The van der Waals surface area contributed by atoms with E-state index in [2.05, 4.69) is 77.1 Å². The van der Waals surface area contributed by atoms with E-state index >= 15 is 0 Å². The van der Waals surface area contributed by atoms with Gasteiger partial charge in [0.2, 0.25) is 14.8 Å². The van der Waals surface area contributed by atoms with Crippen LogP contribution in [-0.4, -0.2) is 103 Å². The Kier molecular flexibility index (Phi) is 7.35. The third kappa shape index (κ3) is 7.19. The zero-order valence-corrected chi connectivity index (χ0v) is 11.6. The highest BCUT2D eigenvalue weighted by Crippen LogP contribution is 1.92. The maximum Gasteiger partial charge on any atom is 0.222 e. The van der Waals surface area contributed by atoms with E-state index in [1.54, 1.807) is 0 Å². The summed E-state index contributed by atoms with van der Waals surface area (Å²) in [7, 11) is 17.5. The lowest BCUT2D eigenvalue weighted by Crippen LogP contribution is -2.40. The van der Waals surface area contributed by atoms with E-state index in [4.69, 9.17) is 0 Å². The smallest absolute Gasteiger partial charge is 0.222 e. The van der Waals surface area contributed by atoms with E-state index in [1.165, 1.54) is 0 Å². The molecule has 0 spiro atoms. The van der Waals surface area contributed by atoms with Crippen LogP contribution >= 0.6 is 0 Å². The molecule has 1 aliphatic rings. The van der Waals surface area contributed by atoms with Crippen molar-refractivity contribution in [2.75, 3.05) is 54.2 Å². The second-order valence-corrected chi connectivity index (χ2v) is 4.81. The molecule has 0 aromatic carbocycles. The predicted octanol–water partition coefficient (Wildman–Crippen LogP) is -1.51. The van der Waals surface area contributed by atoms with Crippen LogP contribution < -0.4 is 0 Å². The summed E-state index contributed by atoms with van der Waals surface area (Å²) in [5.74, 6) is 0. The molecule has 0 aliphatic carbocycles.